The van der Waals surface area contributed by atoms with Crippen LogP contribution >= 0.6 is 23.2 Å². The Hall–Kier alpha value is -2.59. The number of nitrogens with one attached hydrogen (secondary N) is 2. The Bertz CT molecular complexity index is 1370. The van der Waals surface area contributed by atoms with Gasteiger partial charge in [0, 0.05) is 19.2 Å². The second kappa shape index (κ2) is 11.2. The molecule has 8 nitrogen and oxygen atoms in total. The van der Waals surface area contributed by atoms with Crippen LogP contribution in [0.4, 0.5) is 16.3 Å². The number of rotatable bonds is 7. The zero-order valence-electron chi connectivity index (χ0n) is 20.2. The van der Waals surface area contributed by atoms with Crippen LogP contribution in [-0.2, 0) is 29.3 Å². The number of aromatic nitrogens is 2. The van der Waals surface area contributed by atoms with E-state index in [1.54, 1.807) is 22.9 Å². The lowest BCUT2D eigenvalue weighted by Gasteiger charge is -2.16. The van der Waals surface area contributed by atoms with Crippen LogP contribution in [0.5, 0.6) is 0 Å². The van der Waals surface area contributed by atoms with E-state index >= 15 is 0 Å². The highest BCUT2D eigenvalue weighted by molar-refractivity contribution is 7.88. The predicted molar refractivity (Wildman–Crippen MR) is 145 cm³/mol. The zero-order chi connectivity index (χ0) is 25.9. The van der Waals surface area contributed by atoms with Crippen molar-refractivity contribution >= 4 is 50.8 Å². The molecule has 0 atom stereocenters. The quantitative estimate of drug-likeness (QED) is 0.405. The maximum atomic E-state index is 12.8. The van der Waals surface area contributed by atoms with Gasteiger partial charge in [0.25, 0.3) is 0 Å². The molecule has 0 unspecified atom stereocenters. The summed E-state index contributed by atoms with van der Waals surface area (Å²) >= 11 is 12.3. The summed E-state index contributed by atoms with van der Waals surface area (Å²) in [6.07, 6.45) is 5.29. The van der Waals surface area contributed by atoms with Crippen molar-refractivity contribution in [1.82, 2.24) is 14.1 Å². The molecule has 4 rings (SSSR count). The Morgan fingerprint density at radius 1 is 1.06 bits per heavy atom. The van der Waals surface area contributed by atoms with Crippen LogP contribution in [0.25, 0.3) is 5.69 Å². The van der Waals surface area contributed by atoms with Gasteiger partial charge >= 0.3 is 6.03 Å². The molecule has 192 valence electrons. The third-order valence-electron chi connectivity index (χ3n) is 6.15. The lowest BCUT2D eigenvalue weighted by atomic mass is 10.0. The third kappa shape index (κ3) is 6.21. The van der Waals surface area contributed by atoms with E-state index < -0.39 is 16.1 Å². The molecule has 2 heterocycles. The molecule has 0 aliphatic carbocycles. The van der Waals surface area contributed by atoms with Crippen LogP contribution in [0.2, 0.25) is 10.0 Å². The van der Waals surface area contributed by atoms with Gasteiger partial charge in [-0.3, -0.25) is 5.32 Å². The molecule has 2 amide bonds. The molecule has 2 aromatic carbocycles. The summed E-state index contributed by atoms with van der Waals surface area (Å²) in [5.74, 6) is 0.517. The monoisotopic (exact) mass is 549 g/mol. The van der Waals surface area contributed by atoms with Gasteiger partial charge in [0.05, 0.1) is 33.4 Å². The topological polar surface area (TPSA) is 96.3 Å². The van der Waals surface area contributed by atoms with E-state index in [0.29, 0.717) is 42.5 Å². The van der Waals surface area contributed by atoms with Crippen molar-refractivity contribution in [2.75, 3.05) is 30.0 Å². The molecule has 3 aromatic rings. The fourth-order valence-electron chi connectivity index (χ4n) is 4.22. The molecule has 0 radical (unpaired) electrons. The number of aryl methyl sites for hydroxylation is 1. The minimum Gasteiger partial charge on any atom is -0.306 e. The molecule has 11 heteroatoms. The summed E-state index contributed by atoms with van der Waals surface area (Å²) in [5, 5.41) is 11.0. The highest BCUT2D eigenvalue weighted by atomic mass is 35.5. The van der Waals surface area contributed by atoms with Gasteiger partial charge < -0.3 is 5.32 Å². The fraction of sp³-hybridized carbons (Fsp3) is 0.360. The number of fused-ring (bicyclic) bond motifs is 1. The number of carbonyl (C=O) groups excluding carboxylic acids is 1. The average molecular weight is 551 g/mol. The summed E-state index contributed by atoms with van der Waals surface area (Å²) in [4.78, 5) is 12.8. The molecule has 0 bridgehead atoms. The van der Waals surface area contributed by atoms with Gasteiger partial charge in [-0.2, -0.15) is 5.10 Å². The lowest BCUT2D eigenvalue weighted by Crippen LogP contribution is -2.32. The smallest absolute Gasteiger partial charge is 0.306 e. The third-order valence-corrected chi connectivity index (χ3v) is 8.27. The number of anilines is 2. The molecule has 36 heavy (non-hydrogen) atoms. The first-order valence-electron chi connectivity index (χ1n) is 11.8. The van der Waals surface area contributed by atoms with Crippen LogP contribution in [0, 0.1) is 0 Å². The Morgan fingerprint density at radius 3 is 2.53 bits per heavy atom. The van der Waals surface area contributed by atoms with Crippen molar-refractivity contribution in [3.63, 3.8) is 0 Å². The number of carbonyl (C=O) groups is 1. The standard InChI is InChI=1S/C25H29Cl2N5O3S/c1-3-4-6-19-16-23(29-25(33)28-22-8-5-7-21(26)24(22)27)32(30-19)20-10-9-17-11-13-31(36(2,34)35)14-12-18(17)15-20/h5,7-10,15-16H,3-4,6,11-14H2,1-2H3,(H2,28,29,33). The number of amides is 2. The first-order chi connectivity index (χ1) is 17.2. The zero-order valence-corrected chi connectivity index (χ0v) is 22.6. The van der Waals surface area contributed by atoms with Crippen LogP contribution in [0.3, 0.4) is 0 Å². The molecule has 2 N–H and O–H groups in total. The van der Waals surface area contributed by atoms with Gasteiger partial charge in [-0.1, -0.05) is 48.7 Å². The van der Waals surface area contributed by atoms with Crippen molar-refractivity contribution in [3.8, 4) is 5.69 Å². The minimum absolute atomic E-state index is 0.264. The summed E-state index contributed by atoms with van der Waals surface area (Å²) in [6, 6.07) is 12.4. The van der Waals surface area contributed by atoms with Gasteiger partial charge in [0.15, 0.2) is 0 Å². The van der Waals surface area contributed by atoms with Crippen LogP contribution in [0.15, 0.2) is 42.5 Å². The number of nitrogens with zero attached hydrogens (tertiary/aromatic N) is 3. The number of urea groups is 1. The van der Waals surface area contributed by atoms with E-state index in [2.05, 4.69) is 17.6 Å². The Labute approximate surface area is 221 Å². The number of sulfonamides is 1. The van der Waals surface area contributed by atoms with Gasteiger partial charge in [0.2, 0.25) is 10.0 Å². The van der Waals surface area contributed by atoms with Crippen molar-refractivity contribution in [2.45, 2.75) is 39.0 Å². The van der Waals surface area contributed by atoms with Gasteiger partial charge in [0.1, 0.15) is 5.82 Å². The number of hydrogen-bond donors (Lipinski definition) is 2. The number of halogens is 2. The first-order valence-corrected chi connectivity index (χ1v) is 14.4. The van der Waals surface area contributed by atoms with E-state index in [1.165, 1.54) is 10.6 Å². The van der Waals surface area contributed by atoms with E-state index in [0.717, 1.165) is 41.8 Å². The molecule has 1 aromatic heterocycles. The largest absolute Gasteiger partial charge is 0.324 e. The van der Waals surface area contributed by atoms with Crippen LogP contribution in [-0.4, -0.2) is 47.9 Å². The van der Waals surface area contributed by atoms with Crippen LogP contribution < -0.4 is 10.6 Å². The SMILES string of the molecule is CCCCc1cc(NC(=O)Nc2cccc(Cl)c2Cl)n(-c2ccc3c(c2)CCN(S(C)(=O)=O)CC3)n1. The van der Waals surface area contributed by atoms with Crippen molar-refractivity contribution in [2.24, 2.45) is 0 Å². The molecule has 0 fully saturated rings. The second-order valence-electron chi connectivity index (χ2n) is 8.83. The summed E-state index contributed by atoms with van der Waals surface area (Å²) in [5.41, 5.74) is 4.25. The van der Waals surface area contributed by atoms with Crippen LogP contribution in [0.1, 0.15) is 36.6 Å². The molecule has 1 aliphatic heterocycles. The minimum atomic E-state index is -3.24. The van der Waals surface area contributed by atoms with E-state index in [9.17, 15) is 13.2 Å². The van der Waals surface area contributed by atoms with Crippen molar-refractivity contribution in [3.05, 3.63) is 69.3 Å². The summed E-state index contributed by atoms with van der Waals surface area (Å²) in [7, 11) is -3.24. The van der Waals surface area contributed by atoms with E-state index in [1.807, 2.05) is 24.3 Å². The van der Waals surface area contributed by atoms with Gasteiger partial charge in [-0.05, 0) is 61.1 Å². The highest BCUT2D eigenvalue weighted by Crippen LogP contribution is 2.30. The lowest BCUT2D eigenvalue weighted by molar-refractivity contribution is 0.262. The molecular weight excluding hydrogens is 521 g/mol. The maximum Gasteiger partial charge on any atom is 0.324 e. The summed E-state index contributed by atoms with van der Waals surface area (Å²) in [6.45, 7) is 3.02. The van der Waals surface area contributed by atoms with E-state index in [4.69, 9.17) is 28.3 Å². The molecule has 0 saturated carbocycles. The van der Waals surface area contributed by atoms with Crippen molar-refractivity contribution < 1.29 is 13.2 Å². The molecule has 0 spiro atoms. The maximum absolute atomic E-state index is 12.8. The Kier molecular flexibility index (Phi) is 8.24. The van der Waals surface area contributed by atoms with Gasteiger partial charge in [-0.15, -0.1) is 0 Å². The van der Waals surface area contributed by atoms with Gasteiger partial charge in [-0.25, -0.2) is 22.2 Å². The fourth-order valence-corrected chi connectivity index (χ4v) is 5.41. The number of benzene rings is 2. The second-order valence-corrected chi connectivity index (χ2v) is 11.6. The number of unbranched alkanes of at least 4 members (excludes halogenated alkanes) is 1. The summed E-state index contributed by atoms with van der Waals surface area (Å²) < 4.78 is 27.3. The first kappa shape index (κ1) is 26.5. The molecular formula is C25H29Cl2N5O3S. The average Bonchev–Trinajstić information content (AvgIpc) is 3.08. The Morgan fingerprint density at radius 2 is 1.81 bits per heavy atom. The molecule has 1 aliphatic rings. The normalized spacial score (nSPS) is 14.2. The Balaban J connectivity index is 1.61. The number of hydrogen-bond acceptors (Lipinski definition) is 4. The van der Waals surface area contributed by atoms with E-state index in [-0.39, 0.29) is 5.02 Å². The highest BCUT2D eigenvalue weighted by Gasteiger charge is 2.22. The van der Waals surface area contributed by atoms with Crippen molar-refractivity contribution in [1.29, 1.82) is 0 Å². The molecule has 0 saturated heterocycles. The predicted octanol–water partition coefficient (Wildman–Crippen LogP) is 5.53.